The maximum absolute atomic E-state index is 12.0. The molecule has 7 heteroatoms. The van der Waals surface area contributed by atoms with Crippen LogP contribution in [0.25, 0.3) is 16.6 Å². The molecule has 1 heterocycles. The number of carbonyl (C=O) groups is 1. The molecule has 6 nitrogen and oxygen atoms in total. The fraction of sp³-hybridized carbons (Fsp3) is 0.222. The number of anilines is 1. The Morgan fingerprint density at radius 1 is 1.28 bits per heavy atom. The highest BCUT2D eigenvalue weighted by Gasteiger charge is 2.19. The molecule has 0 saturated heterocycles. The van der Waals surface area contributed by atoms with E-state index in [0.29, 0.717) is 5.69 Å². The van der Waals surface area contributed by atoms with E-state index < -0.39 is 18.1 Å². The summed E-state index contributed by atoms with van der Waals surface area (Å²) in [7, 11) is 0. The molecule has 2 aromatic carbocycles. The number of nitrogens with two attached hydrogens (primary N) is 1. The molecule has 0 aliphatic carbocycles. The van der Waals surface area contributed by atoms with Crippen molar-refractivity contribution in [3.05, 3.63) is 54.2 Å². The lowest BCUT2D eigenvalue weighted by atomic mass is 10.1. The molecule has 0 aliphatic heterocycles. The van der Waals surface area contributed by atoms with Crippen LogP contribution in [0.2, 0.25) is 0 Å². The van der Waals surface area contributed by atoms with Crippen molar-refractivity contribution >= 4 is 34.9 Å². The van der Waals surface area contributed by atoms with Gasteiger partial charge in [-0.3, -0.25) is 4.79 Å². The van der Waals surface area contributed by atoms with Crippen molar-refractivity contribution in [3.8, 4) is 5.69 Å². The molecule has 3 aromatic rings. The van der Waals surface area contributed by atoms with Crippen molar-refractivity contribution in [2.75, 3.05) is 5.32 Å². The van der Waals surface area contributed by atoms with E-state index in [1.54, 1.807) is 12.3 Å². The number of benzene rings is 2. The monoisotopic (exact) mass is 360 g/mol. The fourth-order valence-corrected chi connectivity index (χ4v) is 2.51. The summed E-state index contributed by atoms with van der Waals surface area (Å²) in [5, 5.41) is 17.6. The number of fused-ring (bicyclic) bond motifs is 1. The van der Waals surface area contributed by atoms with Gasteiger partial charge in [-0.15, -0.1) is 12.4 Å². The number of rotatable bonds is 4. The van der Waals surface area contributed by atoms with Crippen molar-refractivity contribution in [1.29, 1.82) is 0 Å². The van der Waals surface area contributed by atoms with Crippen molar-refractivity contribution in [3.63, 3.8) is 0 Å². The Balaban J connectivity index is 0.00000225. The van der Waals surface area contributed by atoms with Gasteiger partial charge < -0.3 is 16.2 Å². The Morgan fingerprint density at radius 2 is 2.04 bits per heavy atom. The smallest absolute Gasteiger partial charge is 0.243 e. The van der Waals surface area contributed by atoms with Crippen LogP contribution in [-0.4, -0.2) is 32.9 Å². The van der Waals surface area contributed by atoms with Crippen LogP contribution in [0.3, 0.4) is 0 Å². The molecule has 0 spiro atoms. The number of hydrogen-bond acceptors (Lipinski definition) is 4. The standard InChI is InChI=1S/C18H20N4O2.ClH/c1-11-4-3-5-15(8-11)22-16-9-14(7-6-13(16)10-20-22)21-18(24)17(19)12(2)23;/h3-10,12,17,23H,19H2,1-2H3,(H,21,24);1H. The quantitative estimate of drug-likeness (QED) is 0.666. The summed E-state index contributed by atoms with van der Waals surface area (Å²) in [6.07, 6.45) is 0.872. The van der Waals surface area contributed by atoms with Gasteiger partial charge in [-0.1, -0.05) is 12.1 Å². The number of aryl methyl sites for hydroxylation is 1. The van der Waals surface area contributed by atoms with Gasteiger partial charge in [0.1, 0.15) is 6.04 Å². The van der Waals surface area contributed by atoms with Crippen LogP contribution in [0.15, 0.2) is 48.7 Å². The number of hydrogen-bond donors (Lipinski definition) is 3. The molecule has 1 aromatic heterocycles. The van der Waals surface area contributed by atoms with E-state index in [1.165, 1.54) is 6.92 Å². The summed E-state index contributed by atoms with van der Waals surface area (Å²) in [5.74, 6) is -0.425. The number of aliphatic hydroxyl groups excluding tert-OH is 1. The van der Waals surface area contributed by atoms with Gasteiger partial charge in [0, 0.05) is 11.1 Å². The summed E-state index contributed by atoms with van der Waals surface area (Å²) in [6, 6.07) is 12.6. The van der Waals surface area contributed by atoms with Gasteiger partial charge >= 0.3 is 0 Å². The molecule has 4 N–H and O–H groups in total. The molecule has 1 amide bonds. The van der Waals surface area contributed by atoms with E-state index in [4.69, 9.17) is 5.73 Å². The van der Waals surface area contributed by atoms with E-state index in [0.717, 1.165) is 22.2 Å². The van der Waals surface area contributed by atoms with Gasteiger partial charge in [-0.05, 0) is 49.7 Å². The van der Waals surface area contributed by atoms with Crippen LogP contribution < -0.4 is 11.1 Å². The summed E-state index contributed by atoms with van der Waals surface area (Å²) >= 11 is 0. The Labute approximate surface area is 152 Å². The zero-order valence-corrected chi connectivity index (χ0v) is 14.8. The van der Waals surface area contributed by atoms with Gasteiger partial charge in [-0.25, -0.2) is 4.68 Å². The topological polar surface area (TPSA) is 93.2 Å². The summed E-state index contributed by atoms with van der Waals surface area (Å²) in [5.41, 5.74) is 9.24. The second-order valence-corrected chi connectivity index (χ2v) is 5.92. The van der Waals surface area contributed by atoms with Gasteiger partial charge in [-0.2, -0.15) is 5.10 Å². The molecule has 132 valence electrons. The third-order valence-electron chi connectivity index (χ3n) is 3.91. The first kappa shape index (κ1) is 18.9. The molecule has 3 rings (SSSR count). The number of carbonyl (C=O) groups excluding carboxylic acids is 1. The molecular formula is C18H21ClN4O2. The molecule has 0 aliphatic rings. The first-order valence-electron chi connectivity index (χ1n) is 7.75. The van der Waals surface area contributed by atoms with Gasteiger partial charge in [0.05, 0.1) is 23.5 Å². The fourth-order valence-electron chi connectivity index (χ4n) is 2.51. The molecule has 2 atom stereocenters. The number of nitrogens with zero attached hydrogens (tertiary/aromatic N) is 2. The molecule has 0 bridgehead atoms. The van der Waals surface area contributed by atoms with Crippen LogP contribution in [0.4, 0.5) is 5.69 Å². The van der Waals surface area contributed by atoms with Crippen LogP contribution in [-0.2, 0) is 4.79 Å². The number of aliphatic hydroxyl groups is 1. The third kappa shape index (κ3) is 3.99. The highest BCUT2D eigenvalue weighted by molar-refractivity contribution is 5.97. The lowest BCUT2D eigenvalue weighted by Gasteiger charge is -2.14. The first-order chi connectivity index (χ1) is 11.5. The van der Waals surface area contributed by atoms with Crippen LogP contribution in [0.1, 0.15) is 12.5 Å². The maximum Gasteiger partial charge on any atom is 0.243 e. The van der Waals surface area contributed by atoms with Crippen LogP contribution >= 0.6 is 12.4 Å². The number of amides is 1. The number of nitrogens with one attached hydrogen (secondary N) is 1. The molecule has 25 heavy (non-hydrogen) atoms. The van der Waals surface area contributed by atoms with Crippen molar-refractivity contribution in [1.82, 2.24) is 9.78 Å². The average molecular weight is 361 g/mol. The molecule has 0 radical (unpaired) electrons. The number of halogens is 1. The summed E-state index contributed by atoms with van der Waals surface area (Å²) < 4.78 is 1.83. The summed E-state index contributed by atoms with van der Waals surface area (Å²) in [4.78, 5) is 12.0. The van der Waals surface area contributed by atoms with Gasteiger partial charge in [0.2, 0.25) is 5.91 Å². The molecule has 0 saturated carbocycles. The Morgan fingerprint density at radius 3 is 2.72 bits per heavy atom. The summed E-state index contributed by atoms with van der Waals surface area (Å²) in [6.45, 7) is 3.51. The average Bonchev–Trinajstić information content (AvgIpc) is 2.97. The lowest BCUT2D eigenvalue weighted by molar-refractivity contribution is -0.119. The molecule has 2 unspecified atom stereocenters. The van der Waals surface area contributed by atoms with E-state index in [9.17, 15) is 9.90 Å². The number of aromatic nitrogens is 2. The Kier molecular flexibility index (Phi) is 5.79. The highest BCUT2D eigenvalue weighted by atomic mass is 35.5. The molecule has 0 fully saturated rings. The minimum Gasteiger partial charge on any atom is -0.391 e. The van der Waals surface area contributed by atoms with Crippen molar-refractivity contribution < 1.29 is 9.90 Å². The molecular weight excluding hydrogens is 340 g/mol. The lowest BCUT2D eigenvalue weighted by Crippen LogP contribution is -2.43. The van der Waals surface area contributed by atoms with Crippen LogP contribution in [0.5, 0.6) is 0 Å². The zero-order valence-electron chi connectivity index (χ0n) is 14.0. The van der Waals surface area contributed by atoms with Crippen molar-refractivity contribution in [2.24, 2.45) is 5.73 Å². The third-order valence-corrected chi connectivity index (χ3v) is 3.91. The van der Waals surface area contributed by atoms with E-state index in [-0.39, 0.29) is 12.4 Å². The van der Waals surface area contributed by atoms with Gasteiger partial charge in [0.25, 0.3) is 0 Å². The van der Waals surface area contributed by atoms with Gasteiger partial charge in [0.15, 0.2) is 0 Å². The van der Waals surface area contributed by atoms with E-state index in [2.05, 4.69) is 10.4 Å². The normalized spacial score (nSPS) is 13.1. The minimum atomic E-state index is -0.970. The predicted octanol–water partition coefficient (Wildman–Crippen LogP) is 2.40. The van der Waals surface area contributed by atoms with Crippen LogP contribution in [0, 0.1) is 6.92 Å². The second-order valence-electron chi connectivity index (χ2n) is 5.92. The predicted molar refractivity (Wildman–Crippen MR) is 101 cm³/mol. The van der Waals surface area contributed by atoms with E-state index >= 15 is 0 Å². The van der Waals surface area contributed by atoms with Crippen molar-refractivity contribution in [2.45, 2.75) is 26.0 Å². The Bertz CT molecular complexity index is 892. The second kappa shape index (κ2) is 7.65. The van der Waals surface area contributed by atoms with E-state index in [1.807, 2.05) is 48.0 Å². The first-order valence-corrected chi connectivity index (χ1v) is 7.75. The maximum atomic E-state index is 12.0. The minimum absolute atomic E-state index is 0. The zero-order chi connectivity index (χ0) is 17.3. The largest absolute Gasteiger partial charge is 0.391 e. The SMILES string of the molecule is Cc1cccc(-n2ncc3ccc(NC(=O)C(N)C(C)O)cc32)c1.Cl. The Hall–Kier alpha value is -2.41. The highest BCUT2D eigenvalue weighted by Crippen LogP contribution is 2.22.